The molecule has 0 heteroatoms. The highest BCUT2D eigenvalue weighted by Crippen LogP contribution is 2.38. The summed E-state index contributed by atoms with van der Waals surface area (Å²) in [7, 11) is 0. The molecule has 5 rings (SSSR count). The fourth-order valence-electron chi connectivity index (χ4n) is 4.81. The van der Waals surface area contributed by atoms with Gasteiger partial charge in [0.2, 0.25) is 0 Å². The van der Waals surface area contributed by atoms with E-state index >= 15 is 0 Å². The number of benzene rings is 3. The Morgan fingerprint density at radius 2 is 1.59 bits per heavy atom. The van der Waals surface area contributed by atoms with Crippen LogP contribution < -0.4 is 0 Å². The van der Waals surface area contributed by atoms with Gasteiger partial charge < -0.3 is 0 Å². The van der Waals surface area contributed by atoms with E-state index in [9.17, 15) is 0 Å². The zero-order chi connectivity index (χ0) is 19.8. The molecule has 0 saturated heterocycles. The van der Waals surface area contributed by atoms with Crippen LogP contribution in [0.3, 0.4) is 0 Å². The van der Waals surface area contributed by atoms with Gasteiger partial charge in [-0.25, -0.2) is 0 Å². The number of allylic oxidation sites excluding steroid dienone is 5. The first kappa shape index (κ1) is 17.9. The first-order valence-corrected chi connectivity index (χ1v) is 10.5. The molecule has 0 fully saturated rings. The standard InChI is InChI=1S/C29H26/c1-20-9-3-5-11-25(20)28-14-8-7-12-26(28)21(2)17-22-15-16-24-19-23-10-4-6-13-27(23)29(24)18-22/h3-18,20,25H,19H2,1-2H3/b21-17+. The molecule has 0 N–H and O–H groups in total. The Kier molecular flexibility index (Phi) is 4.56. The molecule has 0 amide bonds. The van der Waals surface area contributed by atoms with Crippen LogP contribution in [-0.2, 0) is 6.42 Å². The second-order valence-corrected chi connectivity index (χ2v) is 8.32. The van der Waals surface area contributed by atoms with E-state index in [2.05, 4.69) is 111 Å². The molecular weight excluding hydrogens is 348 g/mol. The molecule has 3 aromatic carbocycles. The lowest BCUT2D eigenvalue weighted by Gasteiger charge is -2.24. The first-order valence-electron chi connectivity index (χ1n) is 10.5. The van der Waals surface area contributed by atoms with Crippen LogP contribution in [0.25, 0.3) is 22.8 Å². The number of rotatable bonds is 3. The van der Waals surface area contributed by atoms with Gasteiger partial charge in [-0.15, -0.1) is 0 Å². The Hall–Kier alpha value is -3.12. The van der Waals surface area contributed by atoms with E-state index < -0.39 is 0 Å². The normalized spacial score (nSPS) is 19.9. The fourth-order valence-corrected chi connectivity index (χ4v) is 4.81. The van der Waals surface area contributed by atoms with Gasteiger partial charge in [-0.05, 0) is 69.8 Å². The predicted molar refractivity (Wildman–Crippen MR) is 125 cm³/mol. The van der Waals surface area contributed by atoms with Gasteiger partial charge in [0.1, 0.15) is 0 Å². The Balaban J connectivity index is 1.53. The molecule has 2 aliphatic carbocycles. The molecule has 0 radical (unpaired) electrons. The summed E-state index contributed by atoms with van der Waals surface area (Å²) in [6, 6.07) is 24.6. The van der Waals surface area contributed by atoms with Crippen molar-refractivity contribution in [2.45, 2.75) is 26.2 Å². The van der Waals surface area contributed by atoms with Crippen LogP contribution >= 0.6 is 0 Å². The van der Waals surface area contributed by atoms with Crippen molar-refractivity contribution in [2.24, 2.45) is 5.92 Å². The molecular formula is C29H26. The molecule has 2 unspecified atom stereocenters. The number of fused-ring (bicyclic) bond motifs is 3. The smallest absolute Gasteiger partial charge is 0.00874 e. The SMILES string of the molecule is C/C(=C\c1ccc2c(c1)-c1ccccc1C2)c1ccccc1C1C=CC=CC1C. The van der Waals surface area contributed by atoms with E-state index in [-0.39, 0.29) is 0 Å². The van der Waals surface area contributed by atoms with Crippen molar-refractivity contribution < 1.29 is 0 Å². The molecule has 29 heavy (non-hydrogen) atoms. The Morgan fingerprint density at radius 3 is 2.48 bits per heavy atom. The van der Waals surface area contributed by atoms with Gasteiger partial charge in [0.25, 0.3) is 0 Å². The maximum atomic E-state index is 2.36. The van der Waals surface area contributed by atoms with E-state index in [4.69, 9.17) is 0 Å². The Bertz CT molecular complexity index is 1160. The van der Waals surface area contributed by atoms with Crippen LogP contribution in [0.2, 0.25) is 0 Å². The minimum absolute atomic E-state index is 0.437. The zero-order valence-corrected chi connectivity index (χ0v) is 17.1. The van der Waals surface area contributed by atoms with Gasteiger partial charge in [-0.3, -0.25) is 0 Å². The van der Waals surface area contributed by atoms with E-state index in [1.54, 1.807) is 0 Å². The minimum atomic E-state index is 0.437. The highest BCUT2D eigenvalue weighted by molar-refractivity contribution is 5.85. The van der Waals surface area contributed by atoms with Crippen LogP contribution in [-0.4, -0.2) is 0 Å². The summed E-state index contributed by atoms with van der Waals surface area (Å²) in [4.78, 5) is 0. The Labute approximate surface area is 173 Å². The molecule has 3 aromatic rings. The summed E-state index contributed by atoms with van der Waals surface area (Å²) in [5, 5.41) is 0. The van der Waals surface area contributed by atoms with Crippen molar-refractivity contribution >= 4 is 11.6 Å². The monoisotopic (exact) mass is 374 g/mol. The summed E-state index contributed by atoms with van der Waals surface area (Å²) < 4.78 is 0. The van der Waals surface area contributed by atoms with Crippen LogP contribution in [0.5, 0.6) is 0 Å². The maximum absolute atomic E-state index is 2.36. The second-order valence-electron chi connectivity index (χ2n) is 8.32. The molecule has 0 spiro atoms. The number of hydrogen-bond acceptors (Lipinski definition) is 0. The van der Waals surface area contributed by atoms with Crippen molar-refractivity contribution in [3.8, 4) is 11.1 Å². The van der Waals surface area contributed by atoms with Crippen LogP contribution in [0.1, 0.15) is 47.6 Å². The van der Waals surface area contributed by atoms with Crippen molar-refractivity contribution in [3.63, 3.8) is 0 Å². The highest BCUT2D eigenvalue weighted by Gasteiger charge is 2.20. The molecule has 0 heterocycles. The van der Waals surface area contributed by atoms with Gasteiger partial charge >= 0.3 is 0 Å². The van der Waals surface area contributed by atoms with Crippen LogP contribution in [0.4, 0.5) is 0 Å². The fraction of sp³-hybridized carbons (Fsp3) is 0.172. The molecule has 142 valence electrons. The van der Waals surface area contributed by atoms with E-state index in [1.165, 1.54) is 44.5 Å². The molecule has 0 nitrogen and oxygen atoms in total. The third-order valence-electron chi connectivity index (χ3n) is 6.36. The third-order valence-corrected chi connectivity index (χ3v) is 6.36. The summed E-state index contributed by atoms with van der Waals surface area (Å²) in [6.45, 7) is 4.55. The average molecular weight is 375 g/mol. The lowest BCUT2D eigenvalue weighted by atomic mass is 9.80. The van der Waals surface area contributed by atoms with E-state index in [0.717, 1.165) is 6.42 Å². The van der Waals surface area contributed by atoms with Crippen molar-refractivity contribution in [3.05, 3.63) is 119 Å². The Morgan fingerprint density at radius 1 is 0.828 bits per heavy atom. The minimum Gasteiger partial charge on any atom is -0.0808 e. The van der Waals surface area contributed by atoms with Gasteiger partial charge in [0, 0.05) is 5.92 Å². The maximum Gasteiger partial charge on any atom is 0.00874 e. The first-order chi connectivity index (χ1) is 14.2. The largest absolute Gasteiger partial charge is 0.0808 e. The number of hydrogen-bond donors (Lipinski definition) is 0. The molecule has 0 saturated carbocycles. The molecule has 0 aliphatic heterocycles. The molecule has 2 aliphatic rings. The van der Waals surface area contributed by atoms with Crippen LogP contribution in [0.15, 0.2) is 91.0 Å². The predicted octanol–water partition coefficient (Wildman–Crippen LogP) is 7.66. The highest BCUT2D eigenvalue weighted by atomic mass is 14.2. The lowest BCUT2D eigenvalue weighted by molar-refractivity contribution is 0.634. The summed E-state index contributed by atoms with van der Waals surface area (Å²) in [5.74, 6) is 0.955. The van der Waals surface area contributed by atoms with Gasteiger partial charge in [-0.2, -0.15) is 0 Å². The quantitative estimate of drug-likeness (QED) is 0.323. The van der Waals surface area contributed by atoms with Crippen molar-refractivity contribution in [2.75, 3.05) is 0 Å². The molecule has 0 aromatic heterocycles. The van der Waals surface area contributed by atoms with Gasteiger partial charge in [0.15, 0.2) is 0 Å². The topological polar surface area (TPSA) is 0 Å². The van der Waals surface area contributed by atoms with Crippen molar-refractivity contribution in [1.82, 2.24) is 0 Å². The van der Waals surface area contributed by atoms with Gasteiger partial charge in [0.05, 0.1) is 0 Å². The average Bonchev–Trinajstić information content (AvgIpc) is 3.12. The second kappa shape index (κ2) is 7.37. The van der Waals surface area contributed by atoms with Gasteiger partial charge in [-0.1, -0.05) is 98.0 Å². The van der Waals surface area contributed by atoms with E-state index in [1.807, 2.05) is 0 Å². The van der Waals surface area contributed by atoms with Crippen LogP contribution in [0, 0.1) is 5.92 Å². The van der Waals surface area contributed by atoms with Crippen molar-refractivity contribution in [1.29, 1.82) is 0 Å². The lowest BCUT2D eigenvalue weighted by Crippen LogP contribution is -2.09. The third kappa shape index (κ3) is 3.29. The summed E-state index contributed by atoms with van der Waals surface area (Å²) >= 11 is 0. The zero-order valence-electron chi connectivity index (χ0n) is 17.1. The molecule has 2 atom stereocenters. The summed E-state index contributed by atoms with van der Waals surface area (Å²) in [6.07, 6.45) is 12.4. The molecule has 0 bridgehead atoms. The summed E-state index contributed by atoms with van der Waals surface area (Å²) in [5.41, 5.74) is 11.0. The van der Waals surface area contributed by atoms with E-state index in [0.29, 0.717) is 11.8 Å².